The molecule has 3 rings (SSSR count). The first-order valence-corrected chi connectivity index (χ1v) is 13.2. The molecule has 0 saturated carbocycles. The van der Waals surface area contributed by atoms with Gasteiger partial charge in [-0.1, -0.05) is 0 Å². The fourth-order valence-corrected chi connectivity index (χ4v) is 4.95. The first kappa shape index (κ1) is 32.7. The Morgan fingerprint density at radius 3 is 1.19 bits per heavy atom. The van der Waals surface area contributed by atoms with E-state index >= 15 is 0 Å². The molecule has 0 aromatic carbocycles. The molecule has 1 aromatic heterocycles. The quantitative estimate of drug-likeness (QED) is 0.203. The summed E-state index contributed by atoms with van der Waals surface area (Å²) >= 11 is 5.67. The number of carbonyl (C=O) groups is 6. The normalized spacial score (nSPS) is 28.4. The van der Waals surface area contributed by atoms with Gasteiger partial charge in [0.1, 0.15) is 25.4 Å². The van der Waals surface area contributed by atoms with Gasteiger partial charge in [0.05, 0.1) is 0 Å². The Morgan fingerprint density at radius 2 is 0.905 bits per heavy atom. The molecule has 0 spiro atoms. The third kappa shape index (κ3) is 7.92. The van der Waals surface area contributed by atoms with Crippen LogP contribution in [0.4, 0.5) is 0 Å². The van der Waals surface area contributed by atoms with E-state index in [2.05, 4.69) is 0 Å². The van der Waals surface area contributed by atoms with E-state index in [1.54, 1.807) is 0 Å². The van der Waals surface area contributed by atoms with Crippen molar-refractivity contribution in [3.63, 3.8) is 0 Å². The van der Waals surface area contributed by atoms with Gasteiger partial charge in [-0.15, -0.1) is 0 Å². The molecule has 232 valence electrons. The average Bonchev–Trinajstić information content (AvgIpc) is 3.49. The topological polar surface area (TPSA) is 186 Å². The molecule has 2 saturated heterocycles. The van der Waals surface area contributed by atoms with Crippen LogP contribution in [0.25, 0.3) is 0 Å². The number of rotatable bonds is 10. The standard InChI is InChI=1S/C25H32N2O14S/c1-11(28)34-9-17-19(36-13(3)30)21(38-15(5)32)23(40-17)26-7-8-27(25(26)42)24-22(39-16(6)33)20(37-14(4)31)18(41-24)10-35-12(2)29/h7-8,17-24H,9-10H2,1-6H3/t17-,18-,19-,20-,21-,22-,23-,24-/m1/s1. The third-order valence-electron chi connectivity index (χ3n) is 6.06. The predicted octanol–water partition coefficient (Wildman–Crippen LogP) is 0.667. The summed E-state index contributed by atoms with van der Waals surface area (Å²) in [5.41, 5.74) is 0. The highest BCUT2D eigenvalue weighted by atomic mass is 32.1. The molecular weight excluding hydrogens is 584 g/mol. The highest BCUT2D eigenvalue weighted by Gasteiger charge is 2.53. The molecule has 0 amide bonds. The SMILES string of the molecule is CC(=O)OC[C@H]1O[C@@H](n2ccn([C@@H]3O[C@H](COC(C)=O)[C@@H](OC(C)=O)[C@H]3OC(C)=O)c2=S)[C@H](OC(C)=O)[C@@H]1OC(C)=O. The highest BCUT2D eigenvalue weighted by Crippen LogP contribution is 2.38. The summed E-state index contributed by atoms with van der Waals surface area (Å²) in [7, 11) is 0. The van der Waals surface area contributed by atoms with Crippen LogP contribution in [0.2, 0.25) is 0 Å². The van der Waals surface area contributed by atoms with E-state index in [1.165, 1.54) is 35.4 Å². The van der Waals surface area contributed by atoms with Crippen molar-refractivity contribution in [3.05, 3.63) is 17.2 Å². The van der Waals surface area contributed by atoms with E-state index in [0.717, 1.165) is 27.7 Å². The van der Waals surface area contributed by atoms with Gasteiger partial charge in [-0.3, -0.25) is 37.9 Å². The number of carbonyl (C=O) groups excluding carboxylic acids is 6. The number of ether oxygens (including phenoxy) is 8. The second kappa shape index (κ2) is 13.9. The number of aromatic nitrogens is 2. The van der Waals surface area contributed by atoms with Crippen LogP contribution in [0.5, 0.6) is 0 Å². The van der Waals surface area contributed by atoms with Gasteiger partial charge in [0, 0.05) is 53.9 Å². The van der Waals surface area contributed by atoms with E-state index in [9.17, 15) is 28.8 Å². The molecule has 0 aliphatic carbocycles. The van der Waals surface area contributed by atoms with Crippen molar-refractivity contribution in [2.75, 3.05) is 13.2 Å². The maximum absolute atomic E-state index is 12.0. The summed E-state index contributed by atoms with van der Waals surface area (Å²) in [6, 6.07) is 0. The van der Waals surface area contributed by atoms with Gasteiger partial charge in [0.25, 0.3) is 0 Å². The maximum atomic E-state index is 12.0. The van der Waals surface area contributed by atoms with Crippen molar-refractivity contribution in [1.82, 2.24) is 9.13 Å². The van der Waals surface area contributed by atoms with E-state index in [0.29, 0.717) is 0 Å². The lowest BCUT2D eigenvalue weighted by Crippen LogP contribution is -2.41. The molecular formula is C25H32N2O14S. The smallest absolute Gasteiger partial charge is 0.303 e. The Labute approximate surface area is 245 Å². The fourth-order valence-electron chi connectivity index (χ4n) is 4.63. The largest absolute Gasteiger partial charge is 0.463 e. The predicted molar refractivity (Wildman–Crippen MR) is 137 cm³/mol. The summed E-state index contributed by atoms with van der Waals surface area (Å²) in [5, 5.41) is 0. The lowest BCUT2D eigenvalue weighted by molar-refractivity contribution is -0.166. The second-order valence-corrected chi connectivity index (χ2v) is 9.79. The van der Waals surface area contributed by atoms with Crippen molar-refractivity contribution in [1.29, 1.82) is 0 Å². The van der Waals surface area contributed by atoms with Gasteiger partial charge in [-0.25, -0.2) is 0 Å². The van der Waals surface area contributed by atoms with Gasteiger partial charge in [-0.05, 0) is 12.2 Å². The summed E-state index contributed by atoms with van der Waals surface area (Å²) in [5.74, 6) is -4.05. The second-order valence-electron chi connectivity index (χ2n) is 9.43. The lowest BCUT2D eigenvalue weighted by atomic mass is 10.1. The molecule has 0 N–H and O–H groups in total. The minimum atomic E-state index is -1.21. The Hall–Kier alpha value is -3.83. The zero-order valence-electron chi connectivity index (χ0n) is 23.7. The Bertz CT molecular complexity index is 1180. The zero-order valence-corrected chi connectivity index (χ0v) is 24.5. The van der Waals surface area contributed by atoms with E-state index in [-0.39, 0.29) is 18.0 Å². The summed E-state index contributed by atoms with van der Waals surface area (Å²) in [6.07, 6.45) is -6.25. The molecule has 16 nitrogen and oxygen atoms in total. The molecule has 0 radical (unpaired) electrons. The Morgan fingerprint density at radius 1 is 0.595 bits per heavy atom. The number of hydrogen-bond donors (Lipinski definition) is 0. The molecule has 2 aliphatic rings. The first-order valence-electron chi connectivity index (χ1n) is 12.7. The number of hydrogen-bond acceptors (Lipinski definition) is 15. The van der Waals surface area contributed by atoms with Gasteiger partial charge in [0.15, 0.2) is 41.6 Å². The van der Waals surface area contributed by atoms with Gasteiger partial charge in [-0.2, -0.15) is 0 Å². The van der Waals surface area contributed by atoms with Crippen molar-refractivity contribution in [2.45, 2.75) is 90.6 Å². The summed E-state index contributed by atoms with van der Waals surface area (Å²) < 4.78 is 46.6. The van der Waals surface area contributed by atoms with E-state index in [4.69, 9.17) is 50.1 Å². The van der Waals surface area contributed by atoms with Crippen LogP contribution in [0.1, 0.15) is 54.0 Å². The van der Waals surface area contributed by atoms with Crippen LogP contribution >= 0.6 is 12.2 Å². The molecule has 0 bridgehead atoms. The summed E-state index contributed by atoms with van der Waals surface area (Å²) in [4.78, 5) is 70.7. The van der Waals surface area contributed by atoms with Crippen molar-refractivity contribution < 1.29 is 66.7 Å². The molecule has 17 heteroatoms. The van der Waals surface area contributed by atoms with Gasteiger partial charge < -0.3 is 37.9 Å². The monoisotopic (exact) mass is 616 g/mol. The molecule has 0 unspecified atom stereocenters. The van der Waals surface area contributed by atoms with Crippen molar-refractivity contribution in [2.24, 2.45) is 0 Å². The highest BCUT2D eigenvalue weighted by molar-refractivity contribution is 7.71. The Kier molecular flexibility index (Phi) is 10.8. The first-order chi connectivity index (χ1) is 19.7. The third-order valence-corrected chi connectivity index (χ3v) is 6.48. The molecule has 8 atom stereocenters. The van der Waals surface area contributed by atoms with Crippen LogP contribution in [0, 0.1) is 4.77 Å². The number of nitrogens with zero attached hydrogens (tertiary/aromatic N) is 2. The zero-order chi connectivity index (χ0) is 31.3. The van der Waals surface area contributed by atoms with Crippen LogP contribution in [-0.4, -0.2) is 94.8 Å². The molecule has 2 fully saturated rings. The number of esters is 6. The fraction of sp³-hybridized carbons (Fsp3) is 0.640. The van der Waals surface area contributed by atoms with Crippen molar-refractivity contribution >= 4 is 48.0 Å². The lowest BCUT2D eigenvalue weighted by Gasteiger charge is -2.24. The molecule has 3 heterocycles. The van der Waals surface area contributed by atoms with Crippen LogP contribution in [0.3, 0.4) is 0 Å². The average molecular weight is 617 g/mol. The molecule has 2 aliphatic heterocycles. The van der Waals surface area contributed by atoms with Gasteiger partial charge in [0.2, 0.25) is 0 Å². The van der Waals surface area contributed by atoms with Crippen LogP contribution < -0.4 is 0 Å². The number of imidazole rings is 1. The Balaban J connectivity index is 2.02. The molecule has 1 aromatic rings. The van der Waals surface area contributed by atoms with Crippen LogP contribution in [0.15, 0.2) is 12.4 Å². The van der Waals surface area contributed by atoms with E-state index in [1.807, 2.05) is 0 Å². The molecule has 42 heavy (non-hydrogen) atoms. The summed E-state index contributed by atoms with van der Waals surface area (Å²) in [6.45, 7) is 6.34. The minimum absolute atomic E-state index is 0.00345. The van der Waals surface area contributed by atoms with Crippen LogP contribution in [-0.2, 0) is 66.7 Å². The van der Waals surface area contributed by atoms with Crippen molar-refractivity contribution in [3.8, 4) is 0 Å². The van der Waals surface area contributed by atoms with Gasteiger partial charge >= 0.3 is 35.8 Å². The minimum Gasteiger partial charge on any atom is -0.463 e. The van der Waals surface area contributed by atoms with E-state index < -0.39 is 84.9 Å². The maximum Gasteiger partial charge on any atom is 0.303 e.